The molecular formula is C18H19N3OS. The van der Waals surface area contributed by atoms with Crippen LogP contribution in [-0.4, -0.2) is 14.8 Å². The summed E-state index contributed by atoms with van der Waals surface area (Å²) < 4.78 is 7.72. The molecule has 0 saturated carbocycles. The third kappa shape index (κ3) is 4.13. The summed E-state index contributed by atoms with van der Waals surface area (Å²) in [5.74, 6) is 2.54. The number of benzene rings is 2. The maximum atomic E-state index is 5.73. The number of hydrogen-bond acceptors (Lipinski definition) is 4. The van der Waals surface area contributed by atoms with E-state index in [-0.39, 0.29) is 0 Å². The average Bonchev–Trinajstić information content (AvgIpc) is 2.93. The molecule has 0 N–H and O–H groups in total. The second-order valence-corrected chi connectivity index (χ2v) is 6.28. The molecule has 4 nitrogen and oxygen atoms in total. The monoisotopic (exact) mass is 325 g/mol. The van der Waals surface area contributed by atoms with Crippen molar-refractivity contribution >= 4 is 11.8 Å². The predicted molar refractivity (Wildman–Crippen MR) is 92.5 cm³/mol. The summed E-state index contributed by atoms with van der Waals surface area (Å²) in [5.41, 5.74) is 2.56. The van der Waals surface area contributed by atoms with Crippen LogP contribution in [0.25, 0.3) is 0 Å². The van der Waals surface area contributed by atoms with Gasteiger partial charge in [-0.15, -0.1) is 10.2 Å². The zero-order valence-electron chi connectivity index (χ0n) is 13.3. The smallest absolute Gasteiger partial charge is 0.191 e. The van der Waals surface area contributed by atoms with E-state index in [4.69, 9.17) is 4.74 Å². The highest BCUT2D eigenvalue weighted by Crippen LogP contribution is 2.21. The molecule has 0 spiro atoms. The molecule has 0 aliphatic rings. The van der Waals surface area contributed by atoms with Gasteiger partial charge in [-0.05, 0) is 24.6 Å². The average molecular weight is 325 g/mol. The van der Waals surface area contributed by atoms with Crippen LogP contribution in [0.15, 0.2) is 59.8 Å². The standard InChI is InChI=1S/C18H19N3OS/c1-14-8-10-15(11-9-14)13-23-18-20-19-17(21(18)2)12-22-16-6-4-3-5-7-16/h3-11H,12-13H2,1-2H3. The Hall–Kier alpha value is -2.27. The van der Waals surface area contributed by atoms with Gasteiger partial charge in [0.05, 0.1) is 0 Å². The Morgan fingerprint density at radius 2 is 1.74 bits per heavy atom. The van der Waals surface area contributed by atoms with E-state index in [1.54, 1.807) is 11.8 Å². The van der Waals surface area contributed by atoms with Crippen molar-refractivity contribution in [3.63, 3.8) is 0 Å². The molecule has 0 radical (unpaired) electrons. The first-order chi connectivity index (χ1) is 11.2. The molecule has 3 rings (SSSR count). The normalized spacial score (nSPS) is 10.7. The molecular weight excluding hydrogens is 306 g/mol. The van der Waals surface area contributed by atoms with Gasteiger partial charge in [0.25, 0.3) is 0 Å². The first-order valence-electron chi connectivity index (χ1n) is 7.47. The Labute approximate surface area is 140 Å². The van der Waals surface area contributed by atoms with Crippen LogP contribution < -0.4 is 4.74 Å². The van der Waals surface area contributed by atoms with Crippen LogP contribution in [0.5, 0.6) is 5.75 Å². The van der Waals surface area contributed by atoms with Gasteiger partial charge in [-0.25, -0.2) is 0 Å². The third-order valence-electron chi connectivity index (χ3n) is 3.52. The molecule has 0 atom stereocenters. The molecule has 0 aliphatic carbocycles. The minimum absolute atomic E-state index is 0.415. The molecule has 1 heterocycles. The molecule has 0 bridgehead atoms. The van der Waals surface area contributed by atoms with E-state index in [1.807, 2.05) is 41.9 Å². The molecule has 118 valence electrons. The van der Waals surface area contributed by atoms with Crippen molar-refractivity contribution in [2.24, 2.45) is 7.05 Å². The van der Waals surface area contributed by atoms with Crippen LogP contribution in [0.1, 0.15) is 17.0 Å². The zero-order chi connectivity index (χ0) is 16.1. The fourth-order valence-electron chi connectivity index (χ4n) is 2.09. The summed E-state index contributed by atoms with van der Waals surface area (Å²) in [6, 6.07) is 18.3. The number of aryl methyl sites for hydroxylation is 1. The fraction of sp³-hybridized carbons (Fsp3) is 0.222. The first kappa shape index (κ1) is 15.6. The van der Waals surface area contributed by atoms with Gasteiger partial charge >= 0.3 is 0 Å². The second kappa shape index (κ2) is 7.33. The van der Waals surface area contributed by atoms with Crippen molar-refractivity contribution < 1.29 is 4.74 Å². The highest BCUT2D eigenvalue weighted by atomic mass is 32.2. The van der Waals surface area contributed by atoms with Crippen molar-refractivity contribution in [1.82, 2.24) is 14.8 Å². The number of para-hydroxylation sites is 1. The predicted octanol–water partition coefficient (Wildman–Crippen LogP) is 3.99. The van der Waals surface area contributed by atoms with Crippen LogP contribution in [0.2, 0.25) is 0 Å². The van der Waals surface area contributed by atoms with E-state index in [0.717, 1.165) is 22.5 Å². The van der Waals surface area contributed by atoms with Crippen molar-refractivity contribution in [2.45, 2.75) is 24.4 Å². The SMILES string of the molecule is Cc1ccc(CSc2nnc(COc3ccccc3)n2C)cc1. The Morgan fingerprint density at radius 3 is 2.48 bits per heavy atom. The molecule has 0 saturated heterocycles. The van der Waals surface area contributed by atoms with Crippen LogP contribution in [-0.2, 0) is 19.4 Å². The number of aromatic nitrogens is 3. The minimum atomic E-state index is 0.415. The molecule has 0 aliphatic heterocycles. The lowest BCUT2D eigenvalue weighted by Gasteiger charge is -2.06. The molecule has 0 amide bonds. The fourth-order valence-corrected chi connectivity index (χ4v) is 2.98. The number of ether oxygens (including phenoxy) is 1. The van der Waals surface area contributed by atoms with E-state index in [1.165, 1.54) is 11.1 Å². The largest absolute Gasteiger partial charge is 0.486 e. The van der Waals surface area contributed by atoms with Crippen LogP contribution in [0, 0.1) is 6.92 Å². The molecule has 0 fully saturated rings. The summed E-state index contributed by atoms with van der Waals surface area (Å²) >= 11 is 1.68. The Balaban J connectivity index is 1.59. The van der Waals surface area contributed by atoms with E-state index >= 15 is 0 Å². The lowest BCUT2D eigenvalue weighted by molar-refractivity contribution is 0.290. The number of nitrogens with zero attached hydrogens (tertiary/aromatic N) is 3. The second-order valence-electron chi connectivity index (χ2n) is 5.33. The van der Waals surface area contributed by atoms with Crippen molar-refractivity contribution in [2.75, 3.05) is 0 Å². The van der Waals surface area contributed by atoms with Crippen LogP contribution >= 0.6 is 11.8 Å². The van der Waals surface area contributed by atoms with Crippen LogP contribution in [0.3, 0.4) is 0 Å². The number of rotatable bonds is 6. The molecule has 23 heavy (non-hydrogen) atoms. The summed E-state index contributed by atoms with van der Waals surface area (Å²) in [5, 5.41) is 9.38. The van der Waals surface area contributed by atoms with Gasteiger partial charge in [-0.3, -0.25) is 0 Å². The molecule has 0 unspecified atom stereocenters. The van der Waals surface area contributed by atoms with Gasteiger partial charge in [0, 0.05) is 12.8 Å². The van der Waals surface area contributed by atoms with E-state index < -0.39 is 0 Å². The van der Waals surface area contributed by atoms with Gasteiger partial charge < -0.3 is 9.30 Å². The molecule has 3 aromatic rings. The van der Waals surface area contributed by atoms with Crippen molar-refractivity contribution in [1.29, 1.82) is 0 Å². The summed E-state index contributed by atoms with van der Waals surface area (Å²) in [4.78, 5) is 0. The molecule has 5 heteroatoms. The van der Waals surface area contributed by atoms with E-state index in [9.17, 15) is 0 Å². The molecule has 2 aromatic carbocycles. The van der Waals surface area contributed by atoms with Crippen LogP contribution in [0.4, 0.5) is 0 Å². The maximum absolute atomic E-state index is 5.73. The van der Waals surface area contributed by atoms with Gasteiger partial charge in [-0.1, -0.05) is 59.8 Å². The quantitative estimate of drug-likeness (QED) is 0.642. The van der Waals surface area contributed by atoms with Gasteiger partial charge in [0.2, 0.25) is 0 Å². The van der Waals surface area contributed by atoms with Crippen molar-refractivity contribution in [3.05, 3.63) is 71.5 Å². The topological polar surface area (TPSA) is 39.9 Å². The Morgan fingerprint density at radius 1 is 1.00 bits per heavy atom. The lowest BCUT2D eigenvalue weighted by Crippen LogP contribution is -2.04. The summed E-state index contributed by atoms with van der Waals surface area (Å²) in [7, 11) is 1.97. The Kier molecular flexibility index (Phi) is 4.98. The minimum Gasteiger partial charge on any atom is -0.486 e. The van der Waals surface area contributed by atoms with Crippen molar-refractivity contribution in [3.8, 4) is 5.75 Å². The number of hydrogen-bond donors (Lipinski definition) is 0. The zero-order valence-corrected chi connectivity index (χ0v) is 14.1. The maximum Gasteiger partial charge on any atom is 0.191 e. The van der Waals surface area contributed by atoms with Gasteiger partial charge in [-0.2, -0.15) is 0 Å². The lowest BCUT2D eigenvalue weighted by atomic mass is 10.2. The third-order valence-corrected chi connectivity index (χ3v) is 4.62. The highest BCUT2D eigenvalue weighted by molar-refractivity contribution is 7.98. The van der Waals surface area contributed by atoms with Gasteiger partial charge in [0.15, 0.2) is 11.0 Å². The first-order valence-corrected chi connectivity index (χ1v) is 8.45. The van der Waals surface area contributed by atoms with E-state index in [0.29, 0.717) is 6.61 Å². The van der Waals surface area contributed by atoms with E-state index in [2.05, 4.69) is 41.4 Å². The highest BCUT2D eigenvalue weighted by Gasteiger charge is 2.10. The Bertz CT molecular complexity index is 754. The summed E-state index contributed by atoms with van der Waals surface area (Å²) in [6.45, 7) is 2.51. The van der Waals surface area contributed by atoms with Gasteiger partial charge in [0.1, 0.15) is 12.4 Å². The molecule has 1 aromatic heterocycles. The number of thioether (sulfide) groups is 1. The summed E-state index contributed by atoms with van der Waals surface area (Å²) in [6.07, 6.45) is 0.